The standard InChI is InChI=1S/C14H7BrClFN2O2/c15-7-5-11-10(18-14(21)19-11)4-6(7)13(20)12-8(16)2-1-3-9(12)17/h1-5H,(H2,18,19,21). The first-order chi connectivity index (χ1) is 9.97. The van der Waals surface area contributed by atoms with Gasteiger partial charge in [0.05, 0.1) is 21.6 Å². The Bertz CT molecular complexity index is 912. The first-order valence-electron chi connectivity index (χ1n) is 5.87. The molecule has 106 valence electrons. The maximum absolute atomic E-state index is 13.9. The van der Waals surface area contributed by atoms with Gasteiger partial charge in [-0.15, -0.1) is 0 Å². The second kappa shape index (κ2) is 5.13. The van der Waals surface area contributed by atoms with E-state index in [0.717, 1.165) is 0 Å². The average molecular weight is 370 g/mol. The molecule has 0 aliphatic rings. The molecule has 0 saturated heterocycles. The van der Waals surface area contributed by atoms with Crippen LogP contribution in [0.4, 0.5) is 4.39 Å². The fourth-order valence-corrected chi connectivity index (χ4v) is 2.85. The Kier molecular flexibility index (Phi) is 3.43. The number of halogens is 3. The molecule has 4 nitrogen and oxygen atoms in total. The third kappa shape index (κ3) is 2.41. The van der Waals surface area contributed by atoms with Crippen LogP contribution in [0.3, 0.4) is 0 Å². The smallest absolute Gasteiger partial charge is 0.306 e. The van der Waals surface area contributed by atoms with Gasteiger partial charge in [-0.3, -0.25) is 4.79 Å². The van der Waals surface area contributed by atoms with E-state index in [-0.39, 0.29) is 21.8 Å². The predicted molar refractivity (Wildman–Crippen MR) is 81.5 cm³/mol. The minimum atomic E-state index is -0.693. The van der Waals surface area contributed by atoms with Crippen molar-refractivity contribution in [1.82, 2.24) is 9.97 Å². The van der Waals surface area contributed by atoms with Gasteiger partial charge in [-0.05, 0) is 40.2 Å². The van der Waals surface area contributed by atoms with Crippen molar-refractivity contribution >= 4 is 44.3 Å². The highest BCUT2D eigenvalue weighted by molar-refractivity contribution is 9.10. The Morgan fingerprint density at radius 3 is 2.52 bits per heavy atom. The van der Waals surface area contributed by atoms with E-state index in [2.05, 4.69) is 25.9 Å². The van der Waals surface area contributed by atoms with E-state index < -0.39 is 11.6 Å². The highest BCUT2D eigenvalue weighted by Gasteiger charge is 2.20. The molecule has 7 heteroatoms. The highest BCUT2D eigenvalue weighted by atomic mass is 79.9. The third-order valence-electron chi connectivity index (χ3n) is 3.04. The van der Waals surface area contributed by atoms with Gasteiger partial charge >= 0.3 is 5.69 Å². The lowest BCUT2D eigenvalue weighted by molar-refractivity contribution is 0.103. The van der Waals surface area contributed by atoms with Crippen molar-refractivity contribution in [2.24, 2.45) is 0 Å². The molecule has 2 aromatic carbocycles. The quantitative estimate of drug-likeness (QED) is 0.677. The number of rotatable bonds is 2. The summed E-state index contributed by atoms with van der Waals surface area (Å²) in [6, 6.07) is 7.10. The summed E-state index contributed by atoms with van der Waals surface area (Å²) in [4.78, 5) is 28.9. The number of ketones is 1. The molecule has 3 aromatic rings. The summed E-state index contributed by atoms with van der Waals surface area (Å²) in [6.07, 6.45) is 0. The molecule has 1 aromatic heterocycles. The molecule has 1 heterocycles. The van der Waals surface area contributed by atoms with Gasteiger partial charge in [0.15, 0.2) is 5.78 Å². The van der Waals surface area contributed by atoms with Crippen LogP contribution in [-0.2, 0) is 0 Å². The second-order valence-electron chi connectivity index (χ2n) is 4.38. The lowest BCUT2D eigenvalue weighted by atomic mass is 10.0. The number of hydrogen-bond donors (Lipinski definition) is 2. The number of H-pyrrole nitrogens is 2. The molecule has 0 unspecified atom stereocenters. The summed E-state index contributed by atoms with van der Waals surface area (Å²) < 4.78 is 14.3. The van der Waals surface area contributed by atoms with E-state index in [1.165, 1.54) is 24.3 Å². The zero-order chi connectivity index (χ0) is 15.1. The fourth-order valence-electron chi connectivity index (χ4n) is 2.08. The van der Waals surface area contributed by atoms with Crippen molar-refractivity contribution in [2.75, 3.05) is 0 Å². The van der Waals surface area contributed by atoms with E-state index >= 15 is 0 Å². The van der Waals surface area contributed by atoms with Crippen LogP contribution < -0.4 is 5.69 Å². The van der Waals surface area contributed by atoms with Crippen LogP contribution in [0.2, 0.25) is 5.02 Å². The van der Waals surface area contributed by atoms with Crippen molar-refractivity contribution in [3.8, 4) is 0 Å². The van der Waals surface area contributed by atoms with Crippen LogP contribution in [0.1, 0.15) is 15.9 Å². The summed E-state index contributed by atoms with van der Waals surface area (Å²) in [5.74, 6) is -1.25. The number of aromatic nitrogens is 2. The van der Waals surface area contributed by atoms with Crippen LogP contribution in [0, 0.1) is 5.82 Å². The zero-order valence-electron chi connectivity index (χ0n) is 10.3. The molecular formula is C14H7BrClFN2O2. The van der Waals surface area contributed by atoms with Crippen molar-refractivity contribution in [3.05, 3.63) is 67.3 Å². The number of hydrogen-bond acceptors (Lipinski definition) is 2. The minimum absolute atomic E-state index is 0.0366. The third-order valence-corrected chi connectivity index (χ3v) is 4.01. The molecule has 0 spiro atoms. The number of nitrogens with one attached hydrogen (secondary N) is 2. The Hall–Kier alpha value is -1.92. The van der Waals surface area contributed by atoms with Gasteiger partial charge in [0, 0.05) is 10.0 Å². The Morgan fingerprint density at radius 1 is 1.19 bits per heavy atom. The molecule has 3 rings (SSSR count). The first kappa shape index (κ1) is 14.0. The highest BCUT2D eigenvalue weighted by Crippen LogP contribution is 2.28. The Morgan fingerprint density at radius 2 is 1.86 bits per heavy atom. The van der Waals surface area contributed by atoms with E-state index in [1.54, 1.807) is 6.07 Å². The summed E-state index contributed by atoms with van der Waals surface area (Å²) in [6.45, 7) is 0. The summed E-state index contributed by atoms with van der Waals surface area (Å²) in [7, 11) is 0. The normalized spacial score (nSPS) is 11.0. The lowest BCUT2D eigenvalue weighted by Crippen LogP contribution is -2.06. The van der Waals surface area contributed by atoms with E-state index in [9.17, 15) is 14.0 Å². The molecule has 0 amide bonds. The number of imidazole rings is 1. The van der Waals surface area contributed by atoms with E-state index in [1.807, 2.05) is 0 Å². The van der Waals surface area contributed by atoms with Crippen LogP contribution in [0.15, 0.2) is 39.6 Å². The summed E-state index contributed by atoms with van der Waals surface area (Å²) in [5.41, 5.74) is 0.634. The fraction of sp³-hybridized carbons (Fsp3) is 0. The molecule has 0 atom stereocenters. The minimum Gasteiger partial charge on any atom is -0.306 e. The molecule has 0 aliphatic heterocycles. The predicted octanol–water partition coefficient (Wildman–Crippen LogP) is 3.64. The van der Waals surface area contributed by atoms with Gasteiger partial charge in [0.25, 0.3) is 0 Å². The van der Waals surface area contributed by atoms with E-state index in [4.69, 9.17) is 11.6 Å². The maximum Gasteiger partial charge on any atom is 0.323 e. The second-order valence-corrected chi connectivity index (χ2v) is 5.64. The molecule has 0 bridgehead atoms. The van der Waals surface area contributed by atoms with Crippen molar-refractivity contribution in [3.63, 3.8) is 0 Å². The number of aromatic amines is 2. The number of benzene rings is 2. The lowest BCUT2D eigenvalue weighted by Gasteiger charge is -2.07. The molecule has 21 heavy (non-hydrogen) atoms. The van der Waals surface area contributed by atoms with Crippen LogP contribution in [0.5, 0.6) is 0 Å². The summed E-state index contributed by atoms with van der Waals surface area (Å²) >= 11 is 9.16. The van der Waals surface area contributed by atoms with Crippen LogP contribution >= 0.6 is 27.5 Å². The molecule has 0 fully saturated rings. The molecular weight excluding hydrogens is 363 g/mol. The van der Waals surface area contributed by atoms with Crippen LogP contribution in [-0.4, -0.2) is 15.8 Å². The van der Waals surface area contributed by atoms with Gasteiger partial charge in [-0.25, -0.2) is 9.18 Å². The number of fused-ring (bicyclic) bond motifs is 1. The molecule has 0 saturated carbocycles. The first-order valence-corrected chi connectivity index (χ1v) is 7.04. The average Bonchev–Trinajstić information content (AvgIpc) is 2.76. The van der Waals surface area contributed by atoms with E-state index in [0.29, 0.717) is 15.5 Å². The zero-order valence-corrected chi connectivity index (χ0v) is 12.7. The molecule has 0 radical (unpaired) electrons. The van der Waals surface area contributed by atoms with Gasteiger partial charge in [-0.2, -0.15) is 0 Å². The number of carbonyl (C=O) groups is 1. The van der Waals surface area contributed by atoms with Crippen molar-refractivity contribution in [2.45, 2.75) is 0 Å². The molecule has 0 aliphatic carbocycles. The van der Waals surface area contributed by atoms with Gasteiger partial charge < -0.3 is 9.97 Å². The Balaban J connectivity index is 2.22. The van der Waals surface area contributed by atoms with Gasteiger partial charge in [0.2, 0.25) is 0 Å². The largest absolute Gasteiger partial charge is 0.323 e. The van der Waals surface area contributed by atoms with Gasteiger partial charge in [0.1, 0.15) is 5.82 Å². The van der Waals surface area contributed by atoms with Gasteiger partial charge in [-0.1, -0.05) is 17.7 Å². The maximum atomic E-state index is 13.9. The SMILES string of the molecule is O=C(c1cc2[nH]c(=O)[nH]c2cc1Br)c1c(F)cccc1Cl. The summed E-state index contributed by atoms with van der Waals surface area (Å²) in [5, 5.41) is 0.0366. The van der Waals surface area contributed by atoms with Crippen molar-refractivity contribution < 1.29 is 9.18 Å². The monoisotopic (exact) mass is 368 g/mol. The number of carbonyl (C=O) groups excluding carboxylic acids is 1. The topological polar surface area (TPSA) is 65.7 Å². The Labute approximate surface area is 131 Å². The van der Waals surface area contributed by atoms with Crippen LogP contribution in [0.25, 0.3) is 11.0 Å². The van der Waals surface area contributed by atoms with Crippen molar-refractivity contribution in [1.29, 1.82) is 0 Å². The molecule has 2 N–H and O–H groups in total.